The van der Waals surface area contributed by atoms with Gasteiger partial charge in [-0.3, -0.25) is 4.68 Å². The van der Waals surface area contributed by atoms with E-state index in [1.807, 2.05) is 27.5 Å². The third-order valence-electron chi connectivity index (χ3n) is 4.01. The van der Waals surface area contributed by atoms with E-state index in [9.17, 15) is 4.79 Å². The molecule has 0 radical (unpaired) electrons. The number of carbonyl (C=O) groups is 1. The summed E-state index contributed by atoms with van der Waals surface area (Å²) in [6, 6.07) is 2.13. The Balaban J connectivity index is 1.77. The van der Waals surface area contributed by atoms with Crippen molar-refractivity contribution >= 4 is 6.03 Å². The number of ether oxygens (including phenoxy) is 1. The van der Waals surface area contributed by atoms with E-state index in [1.165, 1.54) is 0 Å². The molecule has 20 heavy (non-hydrogen) atoms. The lowest BCUT2D eigenvalue weighted by molar-refractivity contribution is 0.0306. The number of fused-ring (bicyclic) bond motifs is 1. The smallest absolute Gasteiger partial charge is 0.320 e. The molecule has 110 valence electrons. The van der Waals surface area contributed by atoms with E-state index in [1.54, 1.807) is 6.20 Å². The van der Waals surface area contributed by atoms with Gasteiger partial charge in [-0.2, -0.15) is 5.10 Å². The average molecular weight is 278 g/mol. The maximum atomic E-state index is 12.6. The Morgan fingerprint density at radius 2 is 2.15 bits per heavy atom. The van der Waals surface area contributed by atoms with Crippen molar-refractivity contribution in [3.8, 4) is 0 Å². The van der Waals surface area contributed by atoms with Crippen LogP contribution < -0.4 is 0 Å². The predicted octanol–water partition coefficient (Wildman–Crippen LogP) is 1.32. The van der Waals surface area contributed by atoms with Gasteiger partial charge in [-0.15, -0.1) is 0 Å². The van der Waals surface area contributed by atoms with E-state index in [4.69, 9.17) is 4.74 Å². The molecule has 2 aliphatic rings. The first-order valence-corrected chi connectivity index (χ1v) is 7.44. The highest BCUT2D eigenvalue weighted by molar-refractivity contribution is 5.74. The van der Waals surface area contributed by atoms with Crippen LogP contribution in [-0.4, -0.2) is 58.0 Å². The van der Waals surface area contributed by atoms with Gasteiger partial charge in [-0.1, -0.05) is 0 Å². The summed E-state index contributed by atoms with van der Waals surface area (Å²) in [6.07, 6.45) is 4.05. The number of urea groups is 1. The molecule has 0 unspecified atom stereocenters. The van der Waals surface area contributed by atoms with Gasteiger partial charge in [-0.25, -0.2) is 4.79 Å². The van der Waals surface area contributed by atoms with E-state index >= 15 is 0 Å². The molecule has 3 rings (SSSR count). The zero-order valence-corrected chi connectivity index (χ0v) is 12.0. The van der Waals surface area contributed by atoms with E-state index in [-0.39, 0.29) is 12.1 Å². The molecule has 0 spiro atoms. The van der Waals surface area contributed by atoms with Gasteiger partial charge in [0, 0.05) is 25.9 Å². The zero-order chi connectivity index (χ0) is 13.9. The fraction of sp³-hybridized carbons (Fsp3) is 0.714. The molecule has 1 aromatic rings. The Labute approximate surface area is 119 Å². The Hall–Kier alpha value is -1.56. The van der Waals surface area contributed by atoms with Gasteiger partial charge in [-0.05, 0) is 25.8 Å². The maximum Gasteiger partial charge on any atom is 0.320 e. The van der Waals surface area contributed by atoms with Crippen LogP contribution in [0.3, 0.4) is 0 Å². The van der Waals surface area contributed by atoms with Crippen LogP contribution in [0.5, 0.6) is 0 Å². The minimum Gasteiger partial charge on any atom is -0.375 e. The molecule has 2 aliphatic heterocycles. The summed E-state index contributed by atoms with van der Waals surface area (Å²) < 4.78 is 7.71. The second-order valence-electron chi connectivity index (χ2n) is 5.44. The number of aromatic nitrogens is 2. The van der Waals surface area contributed by atoms with Crippen LogP contribution in [0.25, 0.3) is 0 Å². The van der Waals surface area contributed by atoms with Crippen molar-refractivity contribution in [1.29, 1.82) is 0 Å². The van der Waals surface area contributed by atoms with Gasteiger partial charge >= 0.3 is 6.03 Å². The van der Waals surface area contributed by atoms with Crippen molar-refractivity contribution in [1.82, 2.24) is 19.6 Å². The number of hydrogen-bond donors (Lipinski definition) is 0. The minimum atomic E-state index is 0.0210. The summed E-state index contributed by atoms with van der Waals surface area (Å²) in [7, 11) is 0. The Kier molecular flexibility index (Phi) is 3.91. The number of carbonyl (C=O) groups excluding carboxylic acids is 1. The van der Waals surface area contributed by atoms with E-state index in [0.29, 0.717) is 19.7 Å². The second-order valence-corrected chi connectivity index (χ2v) is 5.44. The Morgan fingerprint density at radius 1 is 1.35 bits per heavy atom. The zero-order valence-electron chi connectivity index (χ0n) is 12.0. The van der Waals surface area contributed by atoms with Crippen LogP contribution in [0.15, 0.2) is 12.3 Å². The predicted molar refractivity (Wildman–Crippen MR) is 74.3 cm³/mol. The summed E-state index contributed by atoms with van der Waals surface area (Å²) >= 11 is 0. The lowest BCUT2D eigenvalue weighted by Gasteiger charge is -2.28. The monoisotopic (exact) mass is 278 g/mol. The summed E-state index contributed by atoms with van der Waals surface area (Å²) in [5.41, 5.74) is 1.08. The SMILES string of the molecule is CCO[C@H]1CN(C(=O)N2CCCC2)Cc2ccnn2C1. The number of nitrogens with zero attached hydrogens (tertiary/aromatic N) is 4. The number of amides is 2. The van der Waals surface area contributed by atoms with Crippen LogP contribution >= 0.6 is 0 Å². The van der Waals surface area contributed by atoms with E-state index in [2.05, 4.69) is 5.10 Å². The topological polar surface area (TPSA) is 50.6 Å². The molecule has 0 aromatic carbocycles. The highest BCUT2D eigenvalue weighted by Gasteiger charge is 2.29. The summed E-state index contributed by atoms with van der Waals surface area (Å²) in [5.74, 6) is 0. The maximum absolute atomic E-state index is 12.6. The largest absolute Gasteiger partial charge is 0.375 e. The normalized spacial score (nSPS) is 22.8. The van der Waals surface area contributed by atoms with Crippen LogP contribution in [0.2, 0.25) is 0 Å². The highest BCUT2D eigenvalue weighted by atomic mass is 16.5. The molecular weight excluding hydrogens is 256 g/mol. The van der Waals surface area contributed by atoms with Gasteiger partial charge in [0.05, 0.1) is 31.4 Å². The molecule has 0 N–H and O–H groups in total. The van der Waals surface area contributed by atoms with Gasteiger partial charge in [0.1, 0.15) is 0 Å². The molecule has 2 amide bonds. The molecule has 0 bridgehead atoms. The van der Waals surface area contributed by atoms with Crippen molar-refractivity contribution in [3.05, 3.63) is 18.0 Å². The van der Waals surface area contributed by atoms with Crippen LogP contribution in [0.4, 0.5) is 4.79 Å². The summed E-state index contributed by atoms with van der Waals surface area (Å²) in [4.78, 5) is 16.5. The van der Waals surface area contributed by atoms with Crippen molar-refractivity contribution in [2.75, 3.05) is 26.2 Å². The highest BCUT2D eigenvalue weighted by Crippen LogP contribution is 2.17. The van der Waals surface area contributed by atoms with Crippen molar-refractivity contribution in [3.63, 3.8) is 0 Å². The number of hydrogen-bond acceptors (Lipinski definition) is 3. The molecule has 1 fully saturated rings. The van der Waals surface area contributed by atoms with Gasteiger partial charge in [0.25, 0.3) is 0 Å². The van der Waals surface area contributed by atoms with Crippen molar-refractivity contribution < 1.29 is 9.53 Å². The minimum absolute atomic E-state index is 0.0210. The molecule has 6 heteroatoms. The Bertz CT molecular complexity index is 467. The third-order valence-corrected chi connectivity index (χ3v) is 4.01. The van der Waals surface area contributed by atoms with E-state index in [0.717, 1.165) is 38.2 Å². The van der Waals surface area contributed by atoms with Crippen LogP contribution in [0, 0.1) is 0 Å². The first-order chi connectivity index (χ1) is 9.78. The molecule has 1 atom stereocenters. The summed E-state index contributed by atoms with van der Waals surface area (Å²) in [6.45, 7) is 6.40. The fourth-order valence-corrected chi connectivity index (χ4v) is 3.01. The number of likely N-dealkylation sites (tertiary alicyclic amines) is 1. The van der Waals surface area contributed by atoms with Crippen molar-refractivity contribution in [2.45, 2.75) is 39.0 Å². The number of rotatable bonds is 2. The molecular formula is C14H22N4O2. The molecule has 6 nitrogen and oxygen atoms in total. The standard InChI is InChI=1S/C14H22N4O2/c1-2-20-13-10-17(14(19)16-7-3-4-8-16)9-12-5-6-15-18(12)11-13/h5-6,13H,2-4,7-11H2,1H3/t13-/m0/s1. The fourth-order valence-electron chi connectivity index (χ4n) is 3.01. The van der Waals surface area contributed by atoms with Crippen LogP contribution in [0.1, 0.15) is 25.5 Å². The van der Waals surface area contributed by atoms with Gasteiger partial charge in [0.2, 0.25) is 0 Å². The lowest BCUT2D eigenvalue weighted by Crippen LogP contribution is -2.44. The van der Waals surface area contributed by atoms with Crippen LogP contribution in [-0.2, 0) is 17.8 Å². The van der Waals surface area contributed by atoms with Gasteiger partial charge < -0.3 is 14.5 Å². The van der Waals surface area contributed by atoms with E-state index < -0.39 is 0 Å². The first-order valence-electron chi connectivity index (χ1n) is 7.44. The molecule has 0 saturated carbocycles. The molecule has 3 heterocycles. The van der Waals surface area contributed by atoms with Crippen molar-refractivity contribution in [2.24, 2.45) is 0 Å². The van der Waals surface area contributed by atoms with Gasteiger partial charge in [0.15, 0.2) is 0 Å². The third kappa shape index (κ3) is 2.65. The Morgan fingerprint density at radius 3 is 2.90 bits per heavy atom. The average Bonchev–Trinajstić information content (AvgIpc) is 3.07. The lowest BCUT2D eigenvalue weighted by atomic mass is 10.3. The quantitative estimate of drug-likeness (QED) is 0.820. The molecule has 1 saturated heterocycles. The second kappa shape index (κ2) is 5.83. The first kappa shape index (κ1) is 13.4. The summed E-state index contributed by atoms with van der Waals surface area (Å²) in [5, 5.41) is 4.33. The molecule has 0 aliphatic carbocycles. The molecule has 1 aromatic heterocycles.